The van der Waals surface area contributed by atoms with Crippen LogP contribution in [0.4, 0.5) is 8.78 Å². The van der Waals surface area contributed by atoms with E-state index < -0.39 is 18.6 Å². The number of carbonyl (C=O) groups is 1. The Morgan fingerprint density at radius 3 is 2.81 bits per heavy atom. The zero-order valence-corrected chi connectivity index (χ0v) is 16.7. The normalized spacial score (nSPS) is 21.7. The Bertz CT molecular complexity index is 959. The Morgan fingerprint density at radius 2 is 2.06 bits per heavy atom. The topological polar surface area (TPSA) is 114 Å². The maximum Gasteiger partial charge on any atom is 0.288 e. The Balaban J connectivity index is 1.51. The molecule has 3 atom stereocenters. The first-order chi connectivity index (χ1) is 14.9. The number of nitrogens with zero attached hydrogens (tertiary/aromatic N) is 3. The summed E-state index contributed by atoms with van der Waals surface area (Å²) in [6.07, 6.45) is 1.55. The Kier molecular flexibility index (Phi) is 6.08. The van der Waals surface area contributed by atoms with Gasteiger partial charge in [-0.3, -0.25) is 20.9 Å². The number of alkyl halides is 2. The van der Waals surface area contributed by atoms with Crippen molar-refractivity contribution in [3.63, 3.8) is 0 Å². The Hall–Kier alpha value is -3.14. The van der Waals surface area contributed by atoms with Gasteiger partial charge in [-0.2, -0.15) is 0 Å². The fourth-order valence-electron chi connectivity index (χ4n) is 3.98. The molecule has 0 radical (unpaired) electrons. The highest BCUT2D eigenvalue weighted by molar-refractivity contribution is 6.01. The number of pyridine rings is 2. The summed E-state index contributed by atoms with van der Waals surface area (Å²) in [5.41, 5.74) is 6.19. The van der Waals surface area contributed by atoms with Crippen molar-refractivity contribution in [3.8, 4) is 5.88 Å². The number of ether oxygens (including phenoxy) is 2. The van der Waals surface area contributed by atoms with E-state index in [4.69, 9.17) is 20.6 Å². The lowest BCUT2D eigenvalue weighted by Crippen LogP contribution is -2.48. The standard InChI is InChI=1S/C21H23F2N5O3/c22-18(23)20(25)31-19(24)12-9-13-14(27-10-12)11-28(21(13)29)15-5-1-2-6-16(15)30-17-7-3-4-8-26-17/h3-4,7-10,15-16,18,20,24H,1-2,5-6,11,25H2/t15?,16-,20?/m1/s1. The first kappa shape index (κ1) is 21.1. The number of nitrogens with two attached hydrogens (primary N) is 1. The van der Waals surface area contributed by atoms with E-state index in [1.165, 1.54) is 12.3 Å². The molecule has 0 bridgehead atoms. The molecule has 1 amide bonds. The molecule has 2 unspecified atom stereocenters. The number of rotatable bonds is 6. The van der Waals surface area contributed by atoms with Crippen LogP contribution in [-0.2, 0) is 11.3 Å². The van der Waals surface area contributed by atoms with Gasteiger partial charge in [-0.05, 0) is 31.4 Å². The van der Waals surface area contributed by atoms with Gasteiger partial charge in [-0.25, -0.2) is 13.8 Å². The van der Waals surface area contributed by atoms with E-state index in [9.17, 15) is 13.6 Å². The lowest BCUT2D eigenvalue weighted by atomic mass is 9.91. The molecule has 1 aliphatic carbocycles. The molecule has 31 heavy (non-hydrogen) atoms. The molecule has 2 aromatic rings. The molecule has 1 fully saturated rings. The minimum absolute atomic E-state index is 0.120. The van der Waals surface area contributed by atoms with Crippen LogP contribution in [0.25, 0.3) is 0 Å². The number of hydrogen-bond donors (Lipinski definition) is 2. The van der Waals surface area contributed by atoms with Crippen molar-refractivity contribution in [1.29, 1.82) is 5.41 Å². The molecule has 4 rings (SSSR count). The van der Waals surface area contributed by atoms with E-state index >= 15 is 0 Å². The van der Waals surface area contributed by atoms with Gasteiger partial charge in [0.15, 0.2) is 0 Å². The summed E-state index contributed by atoms with van der Waals surface area (Å²) in [6, 6.07) is 6.76. The maximum absolute atomic E-state index is 13.2. The molecule has 3 N–H and O–H groups in total. The molecule has 3 heterocycles. The van der Waals surface area contributed by atoms with Gasteiger partial charge in [0.1, 0.15) is 6.10 Å². The van der Waals surface area contributed by atoms with Crippen molar-refractivity contribution in [2.24, 2.45) is 5.73 Å². The number of carbonyl (C=O) groups excluding carboxylic acids is 1. The second-order valence-electron chi connectivity index (χ2n) is 7.57. The second kappa shape index (κ2) is 8.93. The number of aromatic nitrogens is 2. The van der Waals surface area contributed by atoms with Gasteiger partial charge in [0, 0.05) is 18.5 Å². The van der Waals surface area contributed by atoms with Crippen molar-refractivity contribution >= 4 is 11.8 Å². The predicted octanol–water partition coefficient (Wildman–Crippen LogP) is 2.71. The third-order valence-corrected chi connectivity index (χ3v) is 5.52. The minimum atomic E-state index is -2.93. The summed E-state index contributed by atoms with van der Waals surface area (Å²) in [4.78, 5) is 23.4. The van der Waals surface area contributed by atoms with Crippen LogP contribution in [-0.4, -0.2) is 51.5 Å². The second-order valence-corrected chi connectivity index (χ2v) is 7.57. The van der Waals surface area contributed by atoms with Crippen molar-refractivity contribution in [2.75, 3.05) is 0 Å². The third-order valence-electron chi connectivity index (χ3n) is 5.52. The van der Waals surface area contributed by atoms with Crippen molar-refractivity contribution < 1.29 is 23.0 Å². The molecule has 164 valence electrons. The molecule has 2 aromatic heterocycles. The lowest BCUT2D eigenvalue weighted by Gasteiger charge is -2.37. The monoisotopic (exact) mass is 431 g/mol. The molecule has 1 aliphatic heterocycles. The van der Waals surface area contributed by atoms with Gasteiger partial charge in [0.25, 0.3) is 12.3 Å². The van der Waals surface area contributed by atoms with Gasteiger partial charge < -0.3 is 14.4 Å². The van der Waals surface area contributed by atoms with Gasteiger partial charge >= 0.3 is 0 Å². The van der Waals surface area contributed by atoms with E-state index in [1.54, 1.807) is 17.2 Å². The zero-order chi connectivity index (χ0) is 22.0. The van der Waals surface area contributed by atoms with Crippen LogP contribution in [0.5, 0.6) is 5.88 Å². The highest BCUT2D eigenvalue weighted by Gasteiger charge is 2.40. The van der Waals surface area contributed by atoms with Crippen LogP contribution in [0.3, 0.4) is 0 Å². The summed E-state index contributed by atoms with van der Waals surface area (Å²) in [7, 11) is 0. The Morgan fingerprint density at radius 1 is 1.26 bits per heavy atom. The van der Waals surface area contributed by atoms with Gasteiger partial charge in [-0.1, -0.05) is 12.5 Å². The summed E-state index contributed by atoms with van der Waals surface area (Å²) in [5, 5.41) is 7.86. The highest BCUT2D eigenvalue weighted by atomic mass is 19.3. The molecule has 2 aliphatic rings. The van der Waals surface area contributed by atoms with Crippen LogP contribution in [0, 0.1) is 5.41 Å². The third kappa shape index (κ3) is 4.48. The Labute approximate surface area is 177 Å². The predicted molar refractivity (Wildman–Crippen MR) is 107 cm³/mol. The van der Waals surface area contributed by atoms with E-state index in [1.807, 2.05) is 12.1 Å². The van der Waals surface area contributed by atoms with Gasteiger partial charge in [0.2, 0.25) is 18.0 Å². The van der Waals surface area contributed by atoms with Crippen molar-refractivity contribution in [1.82, 2.24) is 14.9 Å². The number of fused-ring (bicyclic) bond motifs is 1. The van der Waals surface area contributed by atoms with Crippen molar-refractivity contribution in [2.45, 2.75) is 57.0 Å². The van der Waals surface area contributed by atoms with Gasteiger partial charge in [0.05, 0.1) is 29.4 Å². The first-order valence-electron chi connectivity index (χ1n) is 10.1. The van der Waals surface area contributed by atoms with Crippen LogP contribution in [0.1, 0.15) is 47.3 Å². The lowest BCUT2D eigenvalue weighted by molar-refractivity contribution is 0.00820. The largest absolute Gasteiger partial charge is 0.472 e. The molecular weight excluding hydrogens is 408 g/mol. The summed E-state index contributed by atoms with van der Waals surface area (Å²) in [6.45, 7) is 0.325. The number of nitrogens with one attached hydrogen (secondary N) is 1. The average Bonchev–Trinajstić information content (AvgIpc) is 3.10. The van der Waals surface area contributed by atoms with E-state index in [-0.39, 0.29) is 23.6 Å². The minimum Gasteiger partial charge on any atom is -0.472 e. The smallest absolute Gasteiger partial charge is 0.288 e. The van der Waals surface area contributed by atoms with Crippen LogP contribution >= 0.6 is 0 Å². The fraction of sp³-hybridized carbons (Fsp3) is 0.429. The molecule has 1 saturated carbocycles. The average molecular weight is 431 g/mol. The van der Waals surface area contributed by atoms with E-state index in [0.717, 1.165) is 25.7 Å². The number of halogens is 2. The molecule has 0 aromatic carbocycles. The molecule has 10 heteroatoms. The number of amides is 1. The molecule has 8 nitrogen and oxygen atoms in total. The summed E-state index contributed by atoms with van der Waals surface area (Å²) >= 11 is 0. The van der Waals surface area contributed by atoms with Crippen LogP contribution < -0.4 is 10.5 Å². The first-order valence-corrected chi connectivity index (χ1v) is 10.1. The quantitative estimate of drug-likeness (QED) is 0.413. The fourth-order valence-corrected chi connectivity index (χ4v) is 3.98. The SMILES string of the molecule is N=C(OC(N)C(F)F)c1cnc2c(c1)C(=O)N(C1CCCC[C@H]1Oc1ccccn1)C2. The summed E-state index contributed by atoms with van der Waals surface area (Å²) < 4.78 is 36.0. The molecule has 0 saturated heterocycles. The molecule has 0 spiro atoms. The van der Waals surface area contributed by atoms with Gasteiger partial charge in [-0.15, -0.1) is 0 Å². The van der Waals surface area contributed by atoms with Crippen LogP contribution in [0.2, 0.25) is 0 Å². The zero-order valence-electron chi connectivity index (χ0n) is 16.7. The van der Waals surface area contributed by atoms with Crippen molar-refractivity contribution in [3.05, 3.63) is 53.5 Å². The number of hydrogen-bond acceptors (Lipinski definition) is 7. The van der Waals surface area contributed by atoms with E-state index in [0.29, 0.717) is 23.7 Å². The van der Waals surface area contributed by atoms with E-state index in [2.05, 4.69) is 9.97 Å². The highest BCUT2D eigenvalue weighted by Crippen LogP contribution is 2.32. The summed E-state index contributed by atoms with van der Waals surface area (Å²) in [5.74, 6) is -0.259. The molecular formula is C21H23F2N5O3. The maximum atomic E-state index is 13.2. The van der Waals surface area contributed by atoms with Crippen LogP contribution in [0.15, 0.2) is 36.7 Å².